The molecule has 0 amide bonds. The maximum atomic E-state index is 10.5. The van der Waals surface area contributed by atoms with Crippen LogP contribution >= 0.6 is 12.2 Å². The molecule has 0 spiro atoms. The second-order valence-corrected chi connectivity index (χ2v) is 7.05. The Morgan fingerprint density at radius 3 is 2.41 bits per heavy atom. The van der Waals surface area contributed by atoms with Crippen molar-refractivity contribution in [3.05, 3.63) is 77.1 Å². The van der Waals surface area contributed by atoms with Crippen molar-refractivity contribution in [1.82, 2.24) is 14.8 Å². The Labute approximate surface area is 172 Å². The van der Waals surface area contributed by atoms with Gasteiger partial charge in [0.05, 0.1) is 5.56 Å². The molecule has 4 rings (SSSR count). The average molecular weight is 405 g/mol. The van der Waals surface area contributed by atoms with Crippen molar-refractivity contribution >= 4 is 12.2 Å². The van der Waals surface area contributed by atoms with Crippen LogP contribution in [0.15, 0.2) is 66.7 Å². The summed E-state index contributed by atoms with van der Waals surface area (Å²) in [5.74, 6) is 0.654. The molecule has 0 fully saturated rings. The van der Waals surface area contributed by atoms with E-state index >= 15 is 0 Å². The third kappa shape index (κ3) is 3.86. The molecule has 0 unspecified atom stereocenters. The number of aryl methyl sites for hydroxylation is 1. The van der Waals surface area contributed by atoms with Gasteiger partial charge in [-0.3, -0.25) is 9.67 Å². The molecule has 4 N–H and O–H groups in total. The van der Waals surface area contributed by atoms with Gasteiger partial charge in [0.15, 0.2) is 10.6 Å². The molecule has 29 heavy (non-hydrogen) atoms. The van der Waals surface area contributed by atoms with Crippen LogP contribution in [-0.2, 0) is 13.0 Å². The first-order valence-electron chi connectivity index (χ1n) is 9.08. The Morgan fingerprint density at radius 1 is 0.862 bits per heavy atom. The van der Waals surface area contributed by atoms with Gasteiger partial charge in [-0.1, -0.05) is 42.5 Å². The smallest absolute Gasteiger partial charge is 0.195 e. The van der Waals surface area contributed by atoms with Crippen LogP contribution < -0.4 is 0 Å². The van der Waals surface area contributed by atoms with Crippen molar-refractivity contribution < 1.29 is 15.3 Å². The summed E-state index contributed by atoms with van der Waals surface area (Å²) in [4.78, 5) is 0. The van der Waals surface area contributed by atoms with Gasteiger partial charge in [0.2, 0.25) is 0 Å². The second-order valence-electron chi connectivity index (χ2n) is 6.66. The van der Waals surface area contributed by atoms with E-state index in [1.54, 1.807) is 16.7 Å². The topological polar surface area (TPSA) is 94.3 Å². The van der Waals surface area contributed by atoms with Gasteiger partial charge >= 0.3 is 0 Å². The van der Waals surface area contributed by atoms with E-state index in [0.29, 0.717) is 34.7 Å². The van der Waals surface area contributed by atoms with Gasteiger partial charge < -0.3 is 15.3 Å². The lowest BCUT2D eigenvalue weighted by atomic mass is 10.0. The van der Waals surface area contributed by atoms with E-state index in [-0.39, 0.29) is 17.2 Å². The highest BCUT2D eigenvalue weighted by atomic mass is 32.1. The number of rotatable bonds is 5. The van der Waals surface area contributed by atoms with E-state index < -0.39 is 0 Å². The van der Waals surface area contributed by atoms with Crippen molar-refractivity contribution in [2.45, 2.75) is 13.0 Å². The zero-order valence-electron chi connectivity index (χ0n) is 15.4. The Bertz CT molecular complexity index is 1220. The van der Waals surface area contributed by atoms with E-state index in [4.69, 9.17) is 12.2 Å². The average Bonchev–Trinajstić information content (AvgIpc) is 3.09. The third-order valence-electron chi connectivity index (χ3n) is 4.78. The minimum Gasteiger partial charge on any atom is -0.508 e. The molecule has 0 saturated heterocycles. The summed E-state index contributed by atoms with van der Waals surface area (Å²) in [6, 6.07) is 19.8. The van der Waals surface area contributed by atoms with Crippen LogP contribution in [0.5, 0.6) is 17.2 Å². The maximum absolute atomic E-state index is 10.5. The second kappa shape index (κ2) is 7.81. The lowest BCUT2D eigenvalue weighted by Gasteiger charge is -2.11. The number of phenols is 3. The zero-order chi connectivity index (χ0) is 20.4. The first-order chi connectivity index (χ1) is 14.0. The summed E-state index contributed by atoms with van der Waals surface area (Å²) in [5.41, 5.74) is 3.23. The van der Waals surface area contributed by atoms with E-state index in [0.717, 1.165) is 11.1 Å². The van der Waals surface area contributed by atoms with Crippen molar-refractivity contribution in [1.29, 1.82) is 0 Å². The van der Waals surface area contributed by atoms with Crippen LogP contribution in [0, 0.1) is 4.77 Å². The van der Waals surface area contributed by atoms with Crippen molar-refractivity contribution in [3.8, 4) is 39.8 Å². The SMILES string of the molecule is Oc1ccc(CCn2c(-c3cc(-c4ccccc4)ccc3O)n[nH]c2=S)c(O)c1. The monoisotopic (exact) mass is 405 g/mol. The van der Waals surface area contributed by atoms with E-state index in [2.05, 4.69) is 10.2 Å². The van der Waals surface area contributed by atoms with Crippen molar-refractivity contribution in [3.63, 3.8) is 0 Å². The molecule has 1 aromatic heterocycles. The number of aromatic hydroxyl groups is 3. The minimum atomic E-state index is 0.00881. The van der Waals surface area contributed by atoms with Gasteiger partial charge in [-0.05, 0) is 53.5 Å². The third-order valence-corrected chi connectivity index (χ3v) is 5.09. The van der Waals surface area contributed by atoms with Crippen LogP contribution in [0.1, 0.15) is 5.56 Å². The lowest BCUT2D eigenvalue weighted by Crippen LogP contribution is -2.04. The van der Waals surface area contributed by atoms with Crippen molar-refractivity contribution in [2.24, 2.45) is 0 Å². The molecular weight excluding hydrogens is 386 g/mol. The molecule has 146 valence electrons. The van der Waals surface area contributed by atoms with E-state index in [1.165, 1.54) is 12.1 Å². The van der Waals surface area contributed by atoms with Crippen LogP contribution in [0.25, 0.3) is 22.5 Å². The highest BCUT2D eigenvalue weighted by Gasteiger charge is 2.15. The number of aromatic amines is 1. The molecule has 0 aliphatic heterocycles. The predicted molar refractivity (Wildman–Crippen MR) is 113 cm³/mol. The fourth-order valence-electron chi connectivity index (χ4n) is 3.25. The molecule has 4 aromatic rings. The highest BCUT2D eigenvalue weighted by molar-refractivity contribution is 7.71. The van der Waals surface area contributed by atoms with Gasteiger partial charge in [-0.2, -0.15) is 5.10 Å². The lowest BCUT2D eigenvalue weighted by molar-refractivity contribution is 0.444. The molecule has 0 bridgehead atoms. The Kier molecular flexibility index (Phi) is 5.05. The van der Waals surface area contributed by atoms with Gasteiger partial charge in [-0.15, -0.1) is 0 Å². The summed E-state index contributed by atoms with van der Waals surface area (Å²) in [6.45, 7) is 0.442. The quantitative estimate of drug-likeness (QED) is 0.363. The summed E-state index contributed by atoms with van der Waals surface area (Å²) >= 11 is 5.37. The summed E-state index contributed by atoms with van der Waals surface area (Å²) in [7, 11) is 0. The fourth-order valence-corrected chi connectivity index (χ4v) is 3.48. The normalized spacial score (nSPS) is 10.9. The number of nitrogens with one attached hydrogen (secondary N) is 1. The van der Waals surface area contributed by atoms with Gasteiger partial charge in [-0.25, -0.2) is 0 Å². The zero-order valence-corrected chi connectivity index (χ0v) is 16.2. The standard InChI is InChI=1S/C22H19N3O3S/c26-17-8-6-15(20(28)13-17)10-11-25-21(23-24-22(25)29)18-12-16(7-9-19(18)27)14-4-2-1-3-5-14/h1-9,12-13,26-28H,10-11H2,(H,24,29). The number of phenolic OH excluding ortho intramolecular Hbond substituents is 3. The Hall–Kier alpha value is -3.58. The van der Waals surface area contributed by atoms with Gasteiger partial charge in [0.25, 0.3) is 0 Å². The Balaban J connectivity index is 1.69. The van der Waals surface area contributed by atoms with Crippen LogP contribution in [0.2, 0.25) is 0 Å². The summed E-state index contributed by atoms with van der Waals surface area (Å²) in [6.07, 6.45) is 0.478. The molecule has 1 heterocycles. The predicted octanol–water partition coefficient (Wildman–Crippen LogP) is 4.63. The maximum Gasteiger partial charge on any atom is 0.195 e. The highest BCUT2D eigenvalue weighted by Crippen LogP contribution is 2.33. The molecule has 0 saturated carbocycles. The van der Waals surface area contributed by atoms with Gasteiger partial charge in [0.1, 0.15) is 17.2 Å². The number of aromatic nitrogens is 3. The van der Waals surface area contributed by atoms with Crippen LogP contribution in [0.4, 0.5) is 0 Å². The number of hydrogen-bond acceptors (Lipinski definition) is 5. The van der Waals surface area contributed by atoms with Crippen LogP contribution in [0.3, 0.4) is 0 Å². The van der Waals surface area contributed by atoms with Gasteiger partial charge in [0, 0.05) is 12.6 Å². The number of H-pyrrole nitrogens is 1. The van der Waals surface area contributed by atoms with E-state index in [9.17, 15) is 15.3 Å². The Morgan fingerprint density at radius 2 is 1.66 bits per heavy atom. The molecule has 0 radical (unpaired) electrons. The van der Waals surface area contributed by atoms with Crippen molar-refractivity contribution in [2.75, 3.05) is 0 Å². The molecule has 7 heteroatoms. The first-order valence-corrected chi connectivity index (χ1v) is 9.48. The number of nitrogens with zero attached hydrogens (tertiary/aromatic N) is 2. The molecule has 3 aromatic carbocycles. The minimum absolute atomic E-state index is 0.00881. The molecule has 0 aliphatic carbocycles. The number of hydrogen-bond donors (Lipinski definition) is 4. The largest absolute Gasteiger partial charge is 0.508 e. The molecule has 0 aliphatic rings. The fraction of sp³-hybridized carbons (Fsp3) is 0.0909. The molecule has 0 atom stereocenters. The first kappa shape index (κ1) is 18.8. The molecule has 6 nitrogen and oxygen atoms in total. The summed E-state index contributed by atoms with van der Waals surface area (Å²) in [5, 5.41) is 37.0. The summed E-state index contributed by atoms with van der Waals surface area (Å²) < 4.78 is 2.20. The molecular formula is C22H19N3O3S. The number of benzene rings is 3. The van der Waals surface area contributed by atoms with E-state index in [1.807, 2.05) is 42.5 Å². The van der Waals surface area contributed by atoms with Crippen LogP contribution in [-0.4, -0.2) is 30.1 Å².